The minimum absolute atomic E-state index is 0.0494. The largest absolute Gasteiger partial charge is 0.478 e. The van der Waals surface area contributed by atoms with Crippen LogP contribution in [-0.2, 0) is 0 Å². The van der Waals surface area contributed by atoms with E-state index in [0.29, 0.717) is 0 Å². The van der Waals surface area contributed by atoms with Gasteiger partial charge < -0.3 is 10.4 Å². The lowest BCUT2D eigenvalue weighted by atomic mass is 10.1. The average molecular weight is 205 g/mol. The summed E-state index contributed by atoms with van der Waals surface area (Å²) < 4.78 is 0. The molecule has 0 saturated heterocycles. The maximum absolute atomic E-state index is 10.8. The van der Waals surface area contributed by atoms with Gasteiger partial charge in [-0.1, -0.05) is 5.92 Å². The maximum atomic E-state index is 10.8. The number of terminal acetylenes is 1. The summed E-state index contributed by atoms with van der Waals surface area (Å²) in [6.07, 6.45) is 6.59. The number of carboxylic acid groups (broad SMARTS) is 1. The zero-order valence-electron chi connectivity index (χ0n) is 8.48. The van der Waals surface area contributed by atoms with Crippen LogP contribution in [0.15, 0.2) is 12.3 Å². The van der Waals surface area contributed by atoms with Crippen LogP contribution in [0.5, 0.6) is 0 Å². The second-order valence-corrected chi connectivity index (χ2v) is 3.49. The summed E-state index contributed by atoms with van der Waals surface area (Å²) in [6, 6.07) is 1.37. The molecule has 78 valence electrons. The second-order valence-electron chi connectivity index (χ2n) is 3.49. The van der Waals surface area contributed by atoms with Crippen LogP contribution >= 0.6 is 0 Å². The van der Waals surface area contributed by atoms with Crippen LogP contribution in [0.25, 0.3) is 0 Å². The van der Waals surface area contributed by atoms with Crippen LogP contribution in [0.1, 0.15) is 24.2 Å². The average Bonchev–Trinajstić information content (AvgIpc) is 2.18. The molecule has 1 aromatic heterocycles. The molecule has 0 bridgehead atoms. The van der Waals surface area contributed by atoms with E-state index in [1.54, 1.807) is 13.8 Å². The number of nitrogens with one attached hydrogen (secondary N) is 1. The fraction of sp³-hybridized carbons (Fsp3) is 0.300. The first kappa shape index (κ1) is 11.0. The molecule has 0 atom stereocenters. The molecule has 0 spiro atoms. The highest BCUT2D eigenvalue weighted by molar-refractivity contribution is 5.93. The van der Waals surface area contributed by atoms with Gasteiger partial charge in [-0.3, -0.25) is 0 Å². The molecular weight excluding hydrogens is 194 g/mol. The lowest BCUT2D eigenvalue weighted by Crippen LogP contribution is -2.30. The van der Waals surface area contributed by atoms with Crippen LogP contribution in [0.3, 0.4) is 0 Å². The molecule has 1 heterocycles. The number of carboxylic acids is 1. The molecule has 0 aliphatic heterocycles. The fourth-order valence-corrected chi connectivity index (χ4v) is 0.929. The molecule has 2 N–H and O–H groups in total. The Hall–Kier alpha value is -2.09. The molecule has 1 rings (SSSR count). The van der Waals surface area contributed by atoms with Crippen LogP contribution in [0.2, 0.25) is 0 Å². The van der Waals surface area contributed by atoms with E-state index in [9.17, 15) is 4.79 Å². The van der Waals surface area contributed by atoms with Crippen molar-refractivity contribution in [1.29, 1.82) is 0 Å². The summed E-state index contributed by atoms with van der Waals surface area (Å²) >= 11 is 0. The van der Waals surface area contributed by atoms with Gasteiger partial charge in [0.1, 0.15) is 5.56 Å². The Morgan fingerprint density at radius 1 is 1.67 bits per heavy atom. The molecule has 5 heteroatoms. The number of aromatic nitrogens is 2. The third-order valence-corrected chi connectivity index (χ3v) is 1.74. The van der Waals surface area contributed by atoms with Crippen molar-refractivity contribution >= 4 is 11.8 Å². The number of nitrogens with zero attached hydrogens (tertiary/aromatic N) is 2. The number of hydrogen-bond acceptors (Lipinski definition) is 4. The SMILES string of the molecule is C#CC(C)(C)Nc1nnccc1C(=O)O. The smallest absolute Gasteiger partial charge is 0.339 e. The predicted octanol–water partition coefficient (Wildman–Crippen LogP) is 0.998. The van der Waals surface area contributed by atoms with Crippen molar-refractivity contribution in [2.24, 2.45) is 0 Å². The molecule has 15 heavy (non-hydrogen) atoms. The number of aromatic carboxylic acids is 1. The first-order valence-electron chi connectivity index (χ1n) is 4.27. The summed E-state index contributed by atoms with van der Waals surface area (Å²) in [7, 11) is 0. The molecule has 0 aliphatic carbocycles. The monoisotopic (exact) mass is 205 g/mol. The fourth-order valence-electron chi connectivity index (χ4n) is 0.929. The van der Waals surface area contributed by atoms with Gasteiger partial charge in [-0.2, -0.15) is 5.10 Å². The minimum atomic E-state index is -1.07. The van der Waals surface area contributed by atoms with Crippen molar-refractivity contribution in [2.45, 2.75) is 19.4 Å². The first-order valence-corrected chi connectivity index (χ1v) is 4.27. The van der Waals surface area contributed by atoms with Crippen molar-refractivity contribution in [2.75, 3.05) is 5.32 Å². The standard InChI is InChI=1S/C10H11N3O2/c1-4-10(2,3)12-8-7(9(14)15)5-6-11-13-8/h1,5-6H,2-3H3,(H,12,13)(H,14,15). The Labute approximate surface area is 87.5 Å². The zero-order valence-corrected chi connectivity index (χ0v) is 8.48. The summed E-state index contributed by atoms with van der Waals surface area (Å²) in [6.45, 7) is 3.49. The predicted molar refractivity (Wildman–Crippen MR) is 55.5 cm³/mol. The summed E-state index contributed by atoms with van der Waals surface area (Å²) in [5.74, 6) is 1.59. The Morgan fingerprint density at radius 3 is 2.87 bits per heavy atom. The maximum Gasteiger partial charge on any atom is 0.339 e. The zero-order chi connectivity index (χ0) is 11.5. The molecule has 0 unspecified atom stereocenters. The normalized spacial score (nSPS) is 10.5. The van der Waals surface area contributed by atoms with Crippen LogP contribution in [0.4, 0.5) is 5.82 Å². The van der Waals surface area contributed by atoms with Gasteiger partial charge in [0.15, 0.2) is 5.82 Å². The van der Waals surface area contributed by atoms with E-state index in [1.807, 2.05) is 0 Å². The van der Waals surface area contributed by atoms with Gasteiger partial charge in [0.05, 0.1) is 11.7 Å². The highest BCUT2D eigenvalue weighted by Gasteiger charge is 2.19. The van der Waals surface area contributed by atoms with Gasteiger partial charge in [0.2, 0.25) is 0 Å². The van der Waals surface area contributed by atoms with Crippen LogP contribution in [-0.4, -0.2) is 26.8 Å². The van der Waals surface area contributed by atoms with E-state index in [4.69, 9.17) is 11.5 Å². The second kappa shape index (κ2) is 3.96. The lowest BCUT2D eigenvalue weighted by molar-refractivity contribution is 0.0697. The van der Waals surface area contributed by atoms with E-state index in [2.05, 4.69) is 21.4 Å². The van der Waals surface area contributed by atoms with E-state index in [1.165, 1.54) is 12.3 Å². The van der Waals surface area contributed by atoms with E-state index >= 15 is 0 Å². The summed E-state index contributed by atoms with van der Waals surface area (Å²) in [4.78, 5) is 10.8. The molecule has 0 aliphatic rings. The number of hydrogen-bond donors (Lipinski definition) is 2. The van der Waals surface area contributed by atoms with Crippen LogP contribution in [0, 0.1) is 12.3 Å². The van der Waals surface area contributed by atoms with Crippen molar-refractivity contribution < 1.29 is 9.90 Å². The van der Waals surface area contributed by atoms with Crippen molar-refractivity contribution in [1.82, 2.24) is 10.2 Å². The molecule has 0 aromatic carbocycles. The van der Waals surface area contributed by atoms with Gasteiger partial charge >= 0.3 is 5.97 Å². The third kappa shape index (κ3) is 2.68. The van der Waals surface area contributed by atoms with Crippen LogP contribution < -0.4 is 5.32 Å². The first-order chi connectivity index (χ1) is 6.96. The van der Waals surface area contributed by atoms with E-state index < -0.39 is 11.5 Å². The van der Waals surface area contributed by atoms with Gasteiger partial charge in [-0.05, 0) is 19.9 Å². The molecular formula is C10H11N3O2. The number of anilines is 1. The van der Waals surface area contributed by atoms with E-state index in [0.717, 1.165) is 0 Å². The van der Waals surface area contributed by atoms with Crippen molar-refractivity contribution in [3.63, 3.8) is 0 Å². The Morgan fingerprint density at radius 2 is 2.33 bits per heavy atom. The van der Waals surface area contributed by atoms with Gasteiger partial charge in [0, 0.05) is 0 Å². The number of carbonyl (C=O) groups is 1. The highest BCUT2D eigenvalue weighted by Crippen LogP contribution is 2.15. The quantitative estimate of drug-likeness (QED) is 0.720. The van der Waals surface area contributed by atoms with Crippen molar-refractivity contribution in [3.05, 3.63) is 17.8 Å². The van der Waals surface area contributed by atoms with E-state index in [-0.39, 0.29) is 11.4 Å². The highest BCUT2D eigenvalue weighted by atomic mass is 16.4. The molecule has 0 radical (unpaired) electrons. The Kier molecular flexibility index (Phi) is 2.90. The third-order valence-electron chi connectivity index (χ3n) is 1.74. The molecule has 0 saturated carbocycles. The van der Waals surface area contributed by atoms with Gasteiger partial charge in [0.25, 0.3) is 0 Å². The van der Waals surface area contributed by atoms with Gasteiger partial charge in [-0.25, -0.2) is 4.79 Å². The lowest BCUT2D eigenvalue weighted by Gasteiger charge is -2.20. The Balaban J connectivity index is 3.06. The topological polar surface area (TPSA) is 75.1 Å². The summed E-state index contributed by atoms with van der Waals surface area (Å²) in [5.41, 5.74) is -0.617. The molecule has 1 aromatic rings. The molecule has 0 amide bonds. The van der Waals surface area contributed by atoms with Gasteiger partial charge in [-0.15, -0.1) is 11.5 Å². The minimum Gasteiger partial charge on any atom is -0.478 e. The molecule has 0 fully saturated rings. The number of rotatable bonds is 3. The van der Waals surface area contributed by atoms with Crippen molar-refractivity contribution in [3.8, 4) is 12.3 Å². The Bertz CT molecular complexity index is 421. The molecule has 5 nitrogen and oxygen atoms in total. The summed E-state index contributed by atoms with van der Waals surface area (Å²) in [5, 5.41) is 19.0.